The van der Waals surface area contributed by atoms with Crippen molar-refractivity contribution in [3.8, 4) is 0 Å². The van der Waals surface area contributed by atoms with Crippen molar-refractivity contribution in [3.63, 3.8) is 0 Å². The number of hydrogen-bond donors (Lipinski definition) is 1. The molecular weight excluding hydrogens is 150 g/mol. The van der Waals surface area contributed by atoms with Crippen molar-refractivity contribution in [2.45, 2.75) is 12.8 Å². The molecule has 0 bridgehead atoms. The van der Waals surface area contributed by atoms with E-state index in [9.17, 15) is 0 Å². The molecule has 2 nitrogen and oxygen atoms in total. The van der Waals surface area contributed by atoms with Crippen molar-refractivity contribution in [1.29, 1.82) is 0 Å². The summed E-state index contributed by atoms with van der Waals surface area (Å²) in [5.74, 6) is 0.987. The SMILES string of the molecule is C1=CCC=C2NCCCOC2=C1. The molecule has 0 saturated carbocycles. The molecule has 0 unspecified atom stereocenters. The van der Waals surface area contributed by atoms with Gasteiger partial charge in [0.1, 0.15) is 5.76 Å². The van der Waals surface area contributed by atoms with Crippen LogP contribution < -0.4 is 5.32 Å². The van der Waals surface area contributed by atoms with Gasteiger partial charge in [-0.1, -0.05) is 18.2 Å². The summed E-state index contributed by atoms with van der Waals surface area (Å²) >= 11 is 0. The van der Waals surface area contributed by atoms with Gasteiger partial charge in [-0.15, -0.1) is 0 Å². The minimum Gasteiger partial charge on any atom is -0.491 e. The Morgan fingerprint density at radius 3 is 3.42 bits per heavy atom. The molecule has 2 heteroatoms. The van der Waals surface area contributed by atoms with Gasteiger partial charge < -0.3 is 10.1 Å². The number of nitrogens with one attached hydrogen (secondary N) is 1. The van der Waals surface area contributed by atoms with Crippen molar-refractivity contribution in [3.05, 3.63) is 35.8 Å². The maximum Gasteiger partial charge on any atom is 0.142 e. The van der Waals surface area contributed by atoms with E-state index in [1.807, 2.05) is 12.2 Å². The van der Waals surface area contributed by atoms with Crippen LogP contribution in [0, 0.1) is 0 Å². The second-order valence-corrected chi connectivity index (χ2v) is 2.94. The monoisotopic (exact) mass is 163 g/mol. The Hall–Kier alpha value is -1.18. The lowest BCUT2D eigenvalue weighted by molar-refractivity contribution is 0.227. The lowest BCUT2D eigenvalue weighted by Crippen LogP contribution is -2.13. The number of rotatable bonds is 0. The first kappa shape index (κ1) is 7.47. The Balaban J connectivity index is 2.23. The second-order valence-electron chi connectivity index (χ2n) is 2.94. The van der Waals surface area contributed by atoms with E-state index in [1.165, 1.54) is 0 Å². The Labute approximate surface area is 72.6 Å². The maximum absolute atomic E-state index is 5.57. The highest BCUT2D eigenvalue weighted by molar-refractivity contribution is 5.31. The van der Waals surface area contributed by atoms with Gasteiger partial charge in [-0.2, -0.15) is 0 Å². The van der Waals surface area contributed by atoms with Crippen molar-refractivity contribution in [2.24, 2.45) is 0 Å². The first-order valence-corrected chi connectivity index (χ1v) is 4.41. The summed E-state index contributed by atoms with van der Waals surface area (Å²) in [5, 5.41) is 3.35. The van der Waals surface area contributed by atoms with E-state index in [-0.39, 0.29) is 0 Å². The van der Waals surface area contributed by atoms with Crippen LogP contribution in [0.3, 0.4) is 0 Å². The van der Waals surface area contributed by atoms with Crippen molar-refractivity contribution < 1.29 is 4.74 Å². The molecule has 0 atom stereocenters. The zero-order chi connectivity index (χ0) is 8.23. The molecular formula is C10H13NO. The fraction of sp³-hybridized carbons (Fsp3) is 0.400. The predicted octanol–water partition coefficient (Wildman–Crippen LogP) is 1.72. The summed E-state index contributed by atoms with van der Waals surface area (Å²) in [7, 11) is 0. The van der Waals surface area contributed by atoms with Gasteiger partial charge in [0.25, 0.3) is 0 Å². The molecule has 0 aromatic rings. The van der Waals surface area contributed by atoms with Gasteiger partial charge in [0, 0.05) is 6.54 Å². The second kappa shape index (κ2) is 3.48. The van der Waals surface area contributed by atoms with Crippen LogP contribution in [0.25, 0.3) is 0 Å². The molecule has 1 N–H and O–H groups in total. The van der Waals surface area contributed by atoms with Crippen LogP contribution in [-0.4, -0.2) is 13.2 Å². The molecule has 0 amide bonds. The minimum atomic E-state index is 0.823. The molecule has 0 spiro atoms. The summed E-state index contributed by atoms with van der Waals surface area (Å²) in [6.45, 7) is 1.84. The van der Waals surface area contributed by atoms with Crippen LogP contribution in [0.4, 0.5) is 0 Å². The van der Waals surface area contributed by atoms with Gasteiger partial charge in [0.15, 0.2) is 0 Å². The highest BCUT2D eigenvalue weighted by Crippen LogP contribution is 2.15. The van der Waals surface area contributed by atoms with Crippen LogP contribution in [0.1, 0.15) is 12.8 Å². The molecule has 0 radical (unpaired) electrons. The average molecular weight is 163 g/mol. The first-order valence-electron chi connectivity index (χ1n) is 4.41. The summed E-state index contributed by atoms with van der Waals surface area (Å²) in [6, 6.07) is 0. The average Bonchev–Trinajstić information content (AvgIpc) is 2.38. The maximum atomic E-state index is 5.57. The molecule has 1 aliphatic heterocycles. The topological polar surface area (TPSA) is 21.3 Å². The molecule has 0 aromatic heterocycles. The zero-order valence-corrected chi connectivity index (χ0v) is 7.05. The van der Waals surface area contributed by atoms with Gasteiger partial charge in [-0.25, -0.2) is 0 Å². The van der Waals surface area contributed by atoms with E-state index >= 15 is 0 Å². The molecule has 1 heterocycles. The molecule has 1 aliphatic carbocycles. The summed E-state index contributed by atoms with van der Waals surface area (Å²) in [6.07, 6.45) is 10.4. The van der Waals surface area contributed by atoms with Gasteiger partial charge >= 0.3 is 0 Å². The van der Waals surface area contributed by atoms with Crippen LogP contribution in [0.2, 0.25) is 0 Å². The summed E-state index contributed by atoms with van der Waals surface area (Å²) in [4.78, 5) is 0. The van der Waals surface area contributed by atoms with E-state index in [1.54, 1.807) is 0 Å². The van der Waals surface area contributed by atoms with E-state index < -0.39 is 0 Å². The summed E-state index contributed by atoms with van der Waals surface area (Å²) in [5.41, 5.74) is 1.15. The Bertz CT molecular complexity index is 251. The van der Waals surface area contributed by atoms with Gasteiger partial charge in [-0.05, 0) is 18.9 Å². The Morgan fingerprint density at radius 1 is 1.42 bits per heavy atom. The van der Waals surface area contributed by atoms with Gasteiger partial charge in [0.2, 0.25) is 0 Å². The first-order chi connectivity index (χ1) is 5.97. The van der Waals surface area contributed by atoms with Crippen molar-refractivity contribution >= 4 is 0 Å². The Morgan fingerprint density at radius 2 is 2.42 bits per heavy atom. The van der Waals surface area contributed by atoms with Crippen LogP contribution in [0.15, 0.2) is 35.8 Å². The highest BCUT2D eigenvalue weighted by atomic mass is 16.5. The smallest absolute Gasteiger partial charge is 0.142 e. The van der Waals surface area contributed by atoms with E-state index in [4.69, 9.17) is 4.74 Å². The largest absolute Gasteiger partial charge is 0.491 e. The molecule has 1 saturated heterocycles. The number of allylic oxidation sites excluding steroid dienone is 4. The van der Waals surface area contributed by atoms with Crippen LogP contribution in [0.5, 0.6) is 0 Å². The number of ether oxygens (including phenoxy) is 1. The number of hydrogen-bond acceptors (Lipinski definition) is 2. The fourth-order valence-electron chi connectivity index (χ4n) is 1.37. The zero-order valence-electron chi connectivity index (χ0n) is 7.05. The summed E-state index contributed by atoms with van der Waals surface area (Å²) < 4.78 is 5.57. The number of fused-ring (bicyclic) bond motifs is 1. The minimum absolute atomic E-state index is 0.823. The van der Waals surface area contributed by atoms with E-state index in [0.29, 0.717) is 0 Å². The normalized spacial score (nSPS) is 22.0. The third-order valence-corrected chi connectivity index (χ3v) is 2.00. The van der Waals surface area contributed by atoms with Crippen LogP contribution >= 0.6 is 0 Å². The Kier molecular flexibility index (Phi) is 2.16. The quantitative estimate of drug-likeness (QED) is 0.587. The molecule has 64 valence electrons. The molecule has 2 aliphatic rings. The standard InChI is InChI=1S/C10H13NO/c1-2-5-9-10(6-3-1)12-8-4-7-11-9/h1,3,5-6,11H,2,4,7-8H2. The van der Waals surface area contributed by atoms with Gasteiger partial charge in [0.05, 0.1) is 12.3 Å². The fourth-order valence-corrected chi connectivity index (χ4v) is 1.37. The van der Waals surface area contributed by atoms with Crippen molar-refractivity contribution in [2.75, 3.05) is 13.2 Å². The highest BCUT2D eigenvalue weighted by Gasteiger charge is 2.09. The molecule has 1 fully saturated rings. The van der Waals surface area contributed by atoms with E-state index in [2.05, 4.69) is 17.5 Å². The lowest BCUT2D eigenvalue weighted by Gasteiger charge is -2.07. The molecule has 0 aromatic carbocycles. The third kappa shape index (κ3) is 1.52. The third-order valence-electron chi connectivity index (χ3n) is 2.00. The predicted molar refractivity (Wildman–Crippen MR) is 48.5 cm³/mol. The molecule has 2 rings (SSSR count). The van der Waals surface area contributed by atoms with Crippen LogP contribution in [-0.2, 0) is 4.74 Å². The van der Waals surface area contributed by atoms with Gasteiger partial charge in [-0.3, -0.25) is 0 Å². The molecule has 12 heavy (non-hydrogen) atoms. The lowest BCUT2D eigenvalue weighted by atomic mass is 10.3. The van der Waals surface area contributed by atoms with Crippen molar-refractivity contribution in [1.82, 2.24) is 5.32 Å². The van der Waals surface area contributed by atoms with E-state index in [0.717, 1.165) is 37.4 Å².